The van der Waals surface area contributed by atoms with E-state index >= 15 is 0 Å². The van der Waals surface area contributed by atoms with E-state index in [0.29, 0.717) is 11.3 Å². The van der Waals surface area contributed by atoms with Crippen LogP contribution in [0.25, 0.3) is 0 Å². The van der Waals surface area contributed by atoms with Gasteiger partial charge in [-0.25, -0.2) is 0 Å². The van der Waals surface area contributed by atoms with Gasteiger partial charge in [0.05, 0.1) is 0 Å². The van der Waals surface area contributed by atoms with Crippen molar-refractivity contribution < 1.29 is 0 Å². The van der Waals surface area contributed by atoms with E-state index < -0.39 is 0 Å². The predicted octanol–water partition coefficient (Wildman–Crippen LogP) is 3.59. The van der Waals surface area contributed by atoms with E-state index in [1.165, 1.54) is 21.4 Å². The number of halogens is 1. The van der Waals surface area contributed by atoms with E-state index in [0.717, 1.165) is 0 Å². The lowest BCUT2D eigenvalue weighted by molar-refractivity contribution is 0.562. The van der Waals surface area contributed by atoms with Crippen LogP contribution in [0.2, 0.25) is 0 Å². The molecule has 1 aliphatic heterocycles. The number of hydrogen-bond donors (Lipinski definition) is 1. The van der Waals surface area contributed by atoms with Crippen LogP contribution in [-0.2, 0) is 0 Å². The molecule has 76 valence electrons. The molecule has 0 saturated heterocycles. The molecule has 0 saturated carbocycles. The molecule has 14 heavy (non-hydrogen) atoms. The molecule has 1 N–H and O–H groups in total. The molecular formula is C11H14BrNS. The zero-order valence-corrected chi connectivity index (χ0v) is 10.8. The third kappa shape index (κ3) is 1.62. The smallest absolute Gasteiger partial charge is 0.0453 e. The molecule has 2 unspecified atom stereocenters. The quantitative estimate of drug-likeness (QED) is 0.883. The average molecular weight is 272 g/mol. The lowest BCUT2D eigenvalue weighted by Gasteiger charge is -2.16. The molecule has 0 fully saturated rings. The fraction of sp³-hybridized carbons (Fsp3) is 0.455. The second-order valence-electron chi connectivity index (χ2n) is 3.49. The summed E-state index contributed by atoms with van der Waals surface area (Å²) in [4.78, 5) is 1.42. The average Bonchev–Trinajstić information content (AvgIpc) is 2.57. The summed E-state index contributed by atoms with van der Waals surface area (Å²) in [6.07, 6.45) is 1.21. The Balaban J connectivity index is 2.42. The second kappa shape index (κ2) is 4.25. The fourth-order valence-corrected chi connectivity index (χ4v) is 4.04. The normalized spacial score (nSPS) is 25.1. The molecule has 3 heteroatoms. The van der Waals surface area contributed by atoms with Crippen LogP contribution in [0.4, 0.5) is 0 Å². The summed E-state index contributed by atoms with van der Waals surface area (Å²) in [5.41, 5.74) is 1.44. The maximum atomic E-state index is 3.61. The van der Waals surface area contributed by atoms with Gasteiger partial charge in [0.15, 0.2) is 0 Å². The van der Waals surface area contributed by atoms with Crippen molar-refractivity contribution in [3.05, 3.63) is 28.2 Å². The standard InChI is InChI=1S/C11H14BrNS/c1-3-9-10(13-2)7-5-4-6-8(12)11(7)14-9/h4-6,9-10,13H,3H2,1-2H3. The van der Waals surface area contributed by atoms with E-state index in [2.05, 4.69) is 46.4 Å². The molecule has 0 spiro atoms. The SMILES string of the molecule is CCC1Sc2c(Br)cccc2C1NC. The first-order valence-electron chi connectivity index (χ1n) is 4.90. The first-order valence-corrected chi connectivity index (χ1v) is 6.57. The number of rotatable bonds is 2. The molecule has 1 heterocycles. The van der Waals surface area contributed by atoms with Crippen LogP contribution in [0.15, 0.2) is 27.6 Å². The van der Waals surface area contributed by atoms with Crippen LogP contribution in [0.3, 0.4) is 0 Å². The summed E-state index contributed by atoms with van der Waals surface area (Å²) in [6.45, 7) is 2.25. The fourth-order valence-electron chi connectivity index (χ4n) is 1.97. The first-order chi connectivity index (χ1) is 6.77. The van der Waals surface area contributed by atoms with Gasteiger partial charge in [0.1, 0.15) is 0 Å². The number of hydrogen-bond acceptors (Lipinski definition) is 2. The highest BCUT2D eigenvalue weighted by Gasteiger charge is 2.31. The molecular weight excluding hydrogens is 258 g/mol. The van der Waals surface area contributed by atoms with Gasteiger partial charge in [-0.05, 0) is 41.0 Å². The van der Waals surface area contributed by atoms with Crippen LogP contribution in [0, 0.1) is 0 Å². The molecule has 0 bridgehead atoms. The Hall–Kier alpha value is 0.01000. The topological polar surface area (TPSA) is 12.0 Å². The summed E-state index contributed by atoms with van der Waals surface area (Å²) in [5, 5.41) is 4.08. The maximum absolute atomic E-state index is 3.61. The summed E-state index contributed by atoms with van der Waals surface area (Å²) in [7, 11) is 2.05. The van der Waals surface area contributed by atoms with Gasteiger partial charge in [-0.2, -0.15) is 0 Å². The van der Waals surface area contributed by atoms with Crippen LogP contribution in [0.1, 0.15) is 24.9 Å². The maximum Gasteiger partial charge on any atom is 0.0453 e. The van der Waals surface area contributed by atoms with E-state index in [1.54, 1.807) is 0 Å². The minimum atomic E-state index is 0.512. The van der Waals surface area contributed by atoms with E-state index in [-0.39, 0.29) is 0 Å². The Bertz CT molecular complexity index is 340. The lowest BCUT2D eigenvalue weighted by Crippen LogP contribution is -2.22. The van der Waals surface area contributed by atoms with Crippen LogP contribution in [-0.4, -0.2) is 12.3 Å². The summed E-state index contributed by atoms with van der Waals surface area (Å²) in [5.74, 6) is 0. The molecule has 2 rings (SSSR count). The monoisotopic (exact) mass is 271 g/mol. The largest absolute Gasteiger partial charge is 0.312 e. The van der Waals surface area contributed by atoms with Crippen molar-refractivity contribution in [3.8, 4) is 0 Å². The van der Waals surface area contributed by atoms with Crippen molar-refractivity contribution >= 4 is 27.7 Å². The van der Waals surface area contributed by atoms with Gasteiger partial charge in [0.2, 0.25) is 0 Å². The summed E-state index contributed by atoms with van der Waals surface area (Å²) < 4.78 is 1.23. The van der Waals surface area contributed by atoms with Gasteiger partial charge in [-0.1, -0.05) is 19.1 Å². The molecule has 0 radical (unpaired) electrons. The second-order valence-corrected chi connectivity index (χ2v) is 5.59. The highest BCUT2D eigenvalue weighted by molar-refractivity contribution is 9.10. The van der Waals surface area contributed by atoms with E-state index in [9.17, 15) is 0 Å². The summed E-state index contributed by atoms with van der Waals surface area (Å²) in [6, 6.07) is 6.98. The number of nitrogens with one attached hydrogen (secondary N) is 1. The van der Waals surface area contributed by atoms with Crippen LogP contribution >= 0.6 is 27.7 Å². The van der Waals surface area contributed by atoms with Gasteiger partial charge in [-0.3, -0.25) is 0 Å². The number of thioether (sulfide) groups is 1. The summed E-state index contributed by atoms with van der Waals surface area (Å²) >= 11 is 5.60. The zero-order valence-electron chi connectivity index (χ0n) is 8.38. The molecule has 1 aromatic carbocycles. The van der Waals surface area contributed by atoms with Crippen molar-refractivity contribution in [1.82, 2.24) is 5.32 Å². The van der Waals surface area contributed by atoms with Gasteiger partial charge in [-0.15, -0.1) is 11.8 Å². The lowest BCUT2D eigenvalue weighted by atomic mass is 10.0. The highest BCUT2D eigenvalue weighted by atomic mass is 79.9. The van der Waals surface area contributed by atoms with E-state index in [4.69, 9.17) is 0 Å². The van der Waals surface area contributed by atoms with Crippen molar-refractivity contribution in [3.63, 3.8) is 0 Å². The van der Waals surface area contributed by atoms with Gasteiger partial charge in [0.25, 0.3) is 0 Å². The third-order valence-electron chi connectivity index (χ3n) is 2.69. The van der Waals surface area contributed by atoms with Crippen LogP contribution < -0.4 is 5.32 Å². The van der Waals surface area contributed by atoms with Crippen molar-refractivity contribution in [2.24, 2.45) is 0 Å². The van der Waals surface area contributed by atoms with Crippen molar-refractivity contribution in [2.45, 2.75) is 29.5 Å². The van der Waals surface area contributed by atoms with E-state index in [1.807, 2.05) is 18.8 Å². The first kappa shape index (κ1) is 10.5. The van der Waals surface area contributed by atoms with Crippen LogP contribution in [0.5, 0.6) is 0 Å². The Kier molecular flexibility index (Phi) is 3.20. The molecule has 2 atom stereocenters. The molecule has 1 aliphatic rings. The van der Waals surface area contributed by atoms with Gasteiger partial charge < -0.3 is 5.32 Å². The Morgan fingerprint density at radius 1 is 1.50 bits per heavy atom. The number of benzene rings is 1. The van der Waals surface area contributed by atoms with Crippen molar-refractivity contribution in [2.75, 3.05) is 7.05 Å². The molecule has 0 aromatic heterocycles. The third-order valence-corrected chi connectivity index (χ3v) is 5.21. The van der Waals surface area contributed by atoms with Gasteiger partial charge in [0, 0.05) is 20.7 Å². The predicted molar refractivity (Wildman–Crippen MR) is 65.9 cm³/mol. The Morgan fingerprint density at radius 3 is 2.93 bits per heavy atom. The van der Waals surface area contributed by atoms with Gasteiger partial charge >= 0.3 is 0 Å². The zero-order chi connectivity index (χ0) is 10.1. The molecule has 0 aliphatic carbocycles. The highest BCUT2D eigenvalue weighted by Crippen LogP contribution is 2.48. The Morgan fingerprint density at radius 2 is 2.29 bits per heavy atom. The molecule has 0 amide bonds. The Labute approximate surface area is 97.8 Å². The number of fused-ring (bicyclic) bond motifs is 1. The minimum absolute atomic E-state index is 0.512. The molecule has 1 aromatic rings. The molecule has 1 nitrogen and oxygen atoms in total. The van der Waals surface area contributed by atoms with Crippen molar-refractivity contribution in [1.29, 1.82) is 0 Å². The minimum Gasteiger partial charge on any atom is -0.312 e.